The number of rotatable bonds is 1. The van der Waals surface area contributed by atoms with Crippen LogP contribution in [0.1, 0.15) is 5.82 Å². The van der Waals surface area contributed by atoms with E-state index in [-0.39, 0.29) is 0 Å². The maximum Gasteiger partial charge on any atom is 0.132 e. The molecule has 2 heterocycles. The standard InChI is InChI=1S/C8H7BrClN3/c9-8-6-2-1-5(10)4-13(6)7(3-11)12-8/h1-2,4H,3,11H2. The zero-order valence-electron chi connectivity index (χ0n) is 6.67. The molecule has 0 amide bonds. The zero-order chi connectivity index (χ0) is 9.42. The normalized spacial score (nSPS) is 11.0. The number of nitrogens with zero attached hydrogens (tertiary/aromatic N) is 2. The Morgan fingerprint density at radius 1 is 1.54 bits per heavy atom. The molecular weight excluding hydrogens is 253 g/mol. The first-order valence-corrected chi connectivity index (χ1v) is 4.91. The molecule has 13 heavy (non-hydrogen) atoms. The monoisotopic (exact) mass is 259 g/mol. The van der Waals surface area contributed by atoms with Crippen LogP contribution in [0.25, 0.3) is 5.52 Å². The van der Waals surface area contributed by atoms with Crippen LogP contribution in [0.4, 0.5) is 0 Å². The van der Waals surface area contributed by atoms with Gasteiger partial charge in [-0.2, -0.15) is 0 Å². The lowest BCUT2D eigenvalue weighted by Crippen LogP contribution is -2.02. The van der Waals surface area contributed by atoms with Crippen molar-refractivity contribution in [1.29, 1.82) is 0 Å². The van der Waals surface area contributed by atoms with E-state index in [2.05, 4.69) is 20.9 Å². The first-order valence-electron chi connectivity index (χ1n) is 3.74. The van der Waals surface area contributed by atoms with Crippen molar-refractivity contribution in [3.8, 4) is 0 Å². The Balaban J connectivity index is 2.81. The number of pyridine rings is 1. The molecule has 0 saturated heterocycles. The number of aromatic nitrogens is 2. The SMILES string of the molecule is NCc1nc(Br)c2ccc(Cl)cn12. The average Bonchev–Trinajstić information content (AvgIpc) is 2.42. The van der Waals surface area contributed by atoms with E-state index in [0.717, 1.165) is 15.9 Å². The van der Waals surface area contributed by atoms with Crippen molar-refractivity contribution in [2.75, 3.05) is 0 Å². The third-order valence-corrected chi connectivity index (χ3v) is 2.62. The summed E-state index contributed by atoms with van der Waals surface area (Å²) in [6.07, 6.45) is 1.80. The van der Waals surface area contributed by atoms with E-state index in [9.17, 15) is 0 Å². The fourth-order valence-corrected chi connectivity index (χ4v) is 1.91. The van der Waals surface area contributed by atoms with Gasteiger partial charge in [-0.25, -0.2) is 4.98 Å². The molecule has 3 nitrogen and oxygen atoms in total. The molecule has 0 aliphatic rings. The Kier molecular flexibility index (Phi) is 2.27. The third-order valence-electron chi connectivity index (χ3n) is 1.81. The third kappa shape index (κ3) is 1.45. The van der Waals surface area contributed by atoms with Gasteiger partial charge in [-0.15, -0.1) is 0 Å². The number of imidazole rings is 1. The van der Waals surface area contributed by atoms with Crippen LogP contribution >= 0.6 is 27.5 Å². The van der Waals surface area contributed by atoms with E-state index in [1.807, 2.05) is 16.5 Å². The summed E-state index contributed by atoms with van der Waals surface area (Å²) in [4.78, 5) is 4.25. The molecule has 0 saturated carbocycles. The summed E-state index contributed by atoms with van der Waals surface area (Å²) in [5.74, 6) is 0.796. The van der Waals surface area contributed by atoms with Gasteiger partial charge in [0.05, 0.1) is 17.1 Å². The van der Waals surface area contributed by atoms with Gasteiger partial charge in [0.25, 0.3) is 0 Å². The highest BCUT2D eigenvalue weighted by molar-refractivity contribution is 9.10. The Hall–Kier alpha value is -0.580. The lowest BCUT2D eigenvalue weighted by Gasteiger charge is -1.97. The number of hydrogen-bond donors (Lipinski definition) is 1. The van der Waals surface area contributed by atoms with Crippen molar-refractivity contribution < 1.29 is 0 Å². The number of nitrogens with two attached hydrogens (primary N) is 1. The lowest BCUT2D eigenvalue weighted by molar-refractivity contribution is 0.901. The van der Waals surface area contributed by atoms with Crippen LogP contribution in [0.2, 0.25) is 5.02 Å². The van der Waals surface area contributed by atoms with Crippen molar-refractivity contribution in [3.63, 3.8) is 0 Å². The number of hydrogen-bond acceptors (Lipinski definition) is 2. The Morgan fingerprint density at radius 2 is 2.31 bits per heavy atom. The van der Waals surface area contributed by atoms with Crippen LogP contribution in [0.15, 0.2) is 22.9 Å². The van der Waals surface area contributed by atoms with Crippen LogP contribution < -0.4 is 5.73 Å². The van der Waals surface area contributed by atoms with Crippen LogP contribution in [-0.2, 0) is 6.54 Å². The summed E-state index contributed by atoms with van der Waals surface area (Å²) in [5.41, 5.74) is 6.51. The number of fused-ring (bicyclic) bond motifs is 1. The zero-order valence-corrected chi connectivity index (χ0v) is 9.01. The highest BCUT2D eigenvalue weighted by Crippen LogP contribution is 2.21. The molecule has 68 valence electrons. The maximum absolute atomic E-state index is 5.85. The first-order chi connectivity index (χ1) is 6.22. The molecule has 0 bridgehead atoms. The summed E-state index contributed by atoms with van der Waals surface area (Å²) in [6.45, 7) is 0.396. The summed E-state index contributed by atoms with van der Waals surface area (Å²) < 4.78 is 2.68. The van der Waals surface area contributed by atoms with E-state index in [1.165, 1.54) is 0 Å². The van der Waals surface area contributed by atoms with Crippen LogP contribution in [0, 0.1) is 0 Å². The van der Waals surface area contributed by atoms with Crippen molar-refractivity contribution in [2.24, 2.45) is 5.73 Å². The van der Waals surface area contributed by atoms with Gasteiger partial charge in [0.1, 0.15) is 10.4 Å². The minimum Gasteiger partial charge on any atom is -0.324 e. The minimum atomic E-state index is 0.396. The van der Waals surface area contributed by atoms with E-state index in [4.69, 9.17) is 17.3 Å². The van der Waals surface area contributed by atoms with E-state index in [1.54, 1.807) is 6.20 Å². The van der Waals surface area contributed by atoms with Gasteiger partial charge in [-0.1, -0.05) is 11.6 Å². The Morgan fingerprint density at radius 3 is 3.00 bits per heavy atom. The smallest absolute Gasteiger partial charge is 0.132 e. The second-order valence-electron chi connectivity index (χ2n) is 2.63. The molecule has 0 spiro atoms. The first kappa shape index (κ1) is 8.99. The fraction of sp³-hybridized carbons (Fsp3) is 0.125. The maximum atomic E-state index is 5.85. The van der Waals surface area contributed by atoms with Crippen LogP contribution in [0.5, 0.6) is 0 Å². The van der Waals surface area contributed by atoms with Gasteiger partial charge < -0.3 is 5.73 Å². The predicted molar refractivity (Wildman–Crippen MR) is 55.8 cm³/mol. The summed E-state index contributed by atoms with van der Waals surface area (Å²) in [6, 6.07) is 3.72. The second kappa shape index (κ2) is 3.29. The predicted octanol–water partition coefficient (Wildman–Crippen LogP) is 2.21. The van der Waals surface area contributed by atoms with Crippen molar-refractivity contribution in [2.45, 2.75) is 6.54 Å². The van der Waals surface area contributed by atoms with Crippen LogP contribution in [-0.4, -0.2) is 9.38 Å². The van der Waals surface area contributed by atoms with E-state index >= 15 is 0 Å². The number of halogens is 2. The largest absolute Gasteiger partial charge is 0.324 e. The molecule has 2 rings (SSSR count). The molecule has 0 unspecified atom stereocenters. The lowest BCUT2D eigenvalue weighted by atomic mass is 10.4. The van der Waals surface area contributed by atoms with Crippen molar-refractivity contribution in [3.05, 3.63) is 33.8 Å². The molecule has 5 heteroatoms. The quantitative estimate of drug-likeness (QED) is 0.854. The molecule has 2 aromatic rings. The molecule has 2 aromatic heterocycles. The molecular formula is C8H7BrClN3. The molecule has 0 aromatic carbocycles. The van der Waals surface area contributed by atoms with Crippen molar-refractivity contribution in [1.82, 2.24) is 9.38 Å². The van der Waals surface area contributed by atoms with Crippen molar-refractivity contribution >= 4 is 33.0 Å². The summed E-state index contributed by atoms with van der Waals surface area (Å²) >= 11 is 9.20. The average molecular weight is 261 g/mol. The topological polar surface area (TPSA) is 43.3 Å². The Bertz CT molecular complexity index is 452. The van der Waals surface area contributed by atoms with E-state index < -0.39 is 0 Å². The molecule has 0 aliphatic carbocycles. The second-order valence-corrected chi connectivity index (χ2v) is 3.81. The van der Waals surface area contributed by atoms with Gasteiger partial charge in [0.2, 0.25) is 0 Å². The van der Waals surface area contributed by atoms with Gasteiger partial charge in [0, 0.05) is 6.20 Å². The molecule has 0 atom stereocenters. The van der Waals surface area contributed by atoms with Gasteiger partial charge in [-0.3, -0.25) is 4.40 Å². The highest BCUT2D eigenvalue weighted by Gasteiger charge is 2.06. The molecule has 0 radical (unpaired) electrons. The molecule has 0 fully saturated rings. The fourth-order valence-electron chi connectivity index (χ4n) is 1.22. The summed E-state index contributed by atoms with van der Waals surface area (Å²) in [7, 11) is 0. The van der Waals surface area contributed by atoms with Gasteiger partial charge >= 0.3 is 0 Å². The van der Waals surface area contributed by atoms with Crippen LogP contribution in [0.3, 0.4) is 0 Å². The van der Waals surface area contributed by atoms with Gasteiger partial charge in [-0.05, 0) is 28.1 Å². The highest BCUT2D eigenvalue weighted by atomic mass is 79.9. The molecule has 0 aliphatic heterocycles. The molecule has 2 N–H and O–H groups in total. The minimum absolute atomic E-state index is 0.396. The van der Waals surface area contributed by atoms with Gasteiger partial charge in [0.15, 0.2) is 0 Å². The Labute approximate surface area is 88.6 Å². The summed E-state index contributed by atoms with van der Waals surface area (Å²) in [5, 5.41) is 0.673. The van der Waals surface area contributed by atoms with E-state index in [0.29, 0.717) is 11.6 Å².